The Morgan fingerprint density at radius 3 is 2.55 bits per heavy atom. The minimum absolute atomic E-state index is 0.780. The van der Waals surface area contributed by atoms with Gasteiger partial charge in [0.2, 0.25) is 5.13 Å². The molecule has 3 rings (SSSR count). The van der Waals surface area contributed by atoms with Crippen molar-refractivity contribution in [3.63, 3.8) is 0 Å². The van der Waals surface area contributed by atoms with Crippen LogP contribution in [0, 0.1) is 3.57 Å². The Bertz CT molecular complexity index is 782. The van der Waals surface area contributed by atoms with Gasteiger partial charge in [-0.15, -0.1) is 11.3 Å². The highest BCUT2D eigenvalue weighted by Gasteiger charge is 2.03. The van der Waals surface area contributed by atoms with Gasteiger partial charge in [-0.1, -0.05) is 40.2 Å². The molecule has 0 saturated carbocycles. The zero-order chi connectivity index (χ0) is 15.4. The van der Waals surface area contributed by atoms with Gasteiger partial charge in [-0.05, 0) is 52.4 Å². The second kappa shape index (κ2) is 7.34. The molecule has 110 valence electrons. The van der Waals surface area contributed by atoms with Gasteiger partial charge >= 0.3 is 0 Å². The summed E-state index contributed by atoms with van der Waals surface area (Å²) in [6.45, 7) is 0. The van der Waals surface area contributed by atoms with E-state index < -0.39 is 0 Å². The number of benzene rings is 2. The number of hydrazone groups is 1. The van der Waals surface area contributed by atoms with E-state index in [4.69, 9.17) is 0 Å². The first-order chi connectivity index (χ1) is 10.7. The molecule has 0 fully saturated rings. The SMILES string of the molecule is Brc1ccc(C=NNc2nc(-c3ccc(I)cc3)cs2)cc1. The monoisotopic (exact) mass is 483 g/mol. The van der Waals surface area contributed by atoms with Crippen molar-refractivity contribution in [2.45, 2.75) is 0 Å². The summed E-state index contributed by atoms with van der Waals surface area (Å²) >= 11 is 7.25. The molecule has 0 aliphatic carbocycles. The summed E-state index contributed by atoms with van der Waals surface area (Å²) in [7, 11) is 0. The van der Waals surface area contributed by atoms with Crippen LogP contribution < -0.4 is 5.43 Å². The maximum Gasteiger partial charge on any atom is 0.203 e. The van der Waals surface area contributed by atoms with E-state index in [1.807, 2.05) is 29.6 Å². The van der Waals surface area contributed by atoms with Crippen molar-refractivity contribution in [2.24, 2.45) is 5.10 Å². The fourth-order valence-corrected chi connectivity index (χ4v) is 3.08. The molecule has 0 unspecified atom stereocenters. The molecule has 3 nitrogen and oxygen atoms in total. The number of halogens is 2. The lowest BCUT2D eigenvalue weighted by Crippen LogP contribution is -1.90. The molecule has 1 N–H and O–H groups in total. The van der Waals surface area contributed by atoms with Gasteiger partial charge in [-0.3, -0.25) is 5.43 Å². The number of hydrogen-bond donors (Lipinski definition) is 1. The van der Waals surface area contributed by atoms with Crippen molar-refractivity contribution in [3.8, 4) is 11.3 Å². The standard InChI is InChI=1S/C16H11BrIN3S/c17-13-5-1-11(2-6-13)9-19-21-16-20-15(10-22-16)12-3-7-14(18)8-4-12/h1-10H,(H,20,21). The summed E-state index contributed by atoms with van der Waals surface area (Å²) < 4.78 is 2.27. The van der Waals surface area contributed by atoms with Crippen LogP contribution >= 0.6 is 49.9 Å². The molecule has 0 aliphatic rings. The molecule has 0 radical (unpaired) electrons. The van der Waals surface area contributed by atoms with Crippen LogP contribution in [0.15, 0.2) is 63.5 Å². The van der Waals surface area contributed by atoms with Crippen molar-refractivity contribution in [1.29, 1.82) is 0 Å². The van der Waals surface area contributed by atoms with Crippen LogP contribution in [0.3, 0.4) is 0 Å². The number of aromatic nitrogens is 1. The molecule has 1 aromatic heterocycles. The first-order valence-electron chi connectivity index (χ1n) is 6.47. The lowest BCUT2D eigenvalue weighted by molar-refractivity contribution is 1.29. The molecule has 0 amide bonds. The Kier molecular flexibility index (Phi) is 5.22. The Morgan fingerprint density at radius 1 is 1.09 bits per heavy atom. The number of thiazole rings is 1. The van der Waals surface area contributed by atoms with E-state index in [9.17, 15) is 0 Å². The quantitative estimate of drug-likeness (QED) is 0.297. The molecule has 22 heavy (non-hydrogen) atoms. The number of nitrogens with zero attached hydrogens (tertiary/aromatic N) is 2. The molecular formula is C16H11BrIN3S. The molecule has 0 saturated heterocycles. The second-order valence-corrected chi connectivity index (χ2v) is 7.49. The topological polar surface area (TPSA) is 37.3 Å². The zero-order valence-electron chi connectivity index (χ0n) is 11.3. The summed E-state index contributed by atoms with van der Waals surface area (Å²) in [5.74, 6) is 0. The van der Waals surface area contributed by atoms with E-state index in [0.29, 0.717) is 0 Å². The highest BCUT2D eigenvalue weighted by molar-refractivity contribution is 14.1. The van der Waals surface area contributed by atoms with Gasteiger partial charge in [0, 0.05) is 19.0 Å². The van der Waals surface area contributed by atoms with Crippen LogP contribution in [0.1, 0.15) is 5.56 Å². The highest BCUT2D eigenvalue weighted by atomic mass is 127. The molecule has 0 spiro atoms. The van der Waals surface area contributed by atoms with Crippen molar-refractivity contribution in [3.05, 3.63) is 67.5 Å². The predicted octanol–water partition coefficient (Wildman–Crippen LogP) is 5.62. The summed E-state index contributed by atoms with van der Waals surface area (Å²) in [4.78, 5) is 4.54. The first kappa shape index (κ1) is 15.6. The fraction of sp³-hybridized carbons (Fsp3) is 0. The fourth-order valence-electron chi connectivity index (χ4n) is 1.79. The predicted molar refractivity (Wildman–Crippen MR) is 106 cm³/mol. The Labute approximate surface area is 154 Å². The number of hydrogen-bond acceptors (Lipinski definition) is 4. The Balaban J connectivity index is 1.66. The summed E-state index contributed by atoms with van der Waals surface area (Å²) in [5, 5.41) is 7.03. The summed E-state index contributed by atoms with van der Waals surface area (Å²) in [6.07, 6.45) is 1.78. The van der Waals surface area contributed by atoms with E-state index in [-0.39, 0.29) is 0 Å². The largest absolute Gasteiger partial charge is 0.253 e. The number of nitrogens with one attached hydrogen (secondary N) is 1. The van der Waals surface area contributed by atoms with Crippen LogP contribution in [0.4, 0.5) is 5.13 Å². The van der Waals surface area contributed by atoms with Crippen molar-refractivity contribution < 1.29 is 0 Å². The van der Waals surface area contributed by atoms with Crippen LogP contribution in [0.25, 0.3) is 11.3 Å². The van der Waals surface area contributed by atoms with Gasteiger partial charge in [0.1, 0.15) is 0 Å². The van der Waals surface area contributed by atoms with Gasteiger partial charge < -0.3 is 0 Å². The molecule has 3 aromatic rings. The van der Waals surface area contributed by atoms with Gasteiger partial charge in [-0.2, -0.15) is 5.10 Å². The van der Waals surface area contributed by atoms with Crippen LogP contribution in [-0.4, -0.2) is 11.2 Å². The molecule has 1 heterocycles. The first-order valence-corrected chi connectivity index (χ1v) is 9.22. The lowest BCUT2D eigenvalue weighted by atomic mass is 10.2. The van der Waals surface area contributed by atoms with E-state index in [0.717, 1.165) is 26.4 Å². The Hall–Kier alpha value is -1.25. The van der Waals surface area contributed by atoms with Gasteiger partial charge in [-0.25, -0.2) is 4.98 Å². The molecule has 6 heteroatoms. The second-order valence-electron chi connectivity index (χ2n) is 4.47. The van der Waals surface area contributed by atoms with E-state index >= 15 is 0 Å². The summed E-state index contributed by atoms with van der Waals surface area (Å²) in [5.41, 5.74) is 6.08. The third kappa shape index (κ3) is 4.15. The third-order valence-corrected chi connectivity index (χ3v) is 4.88. The third-order valence-electron chi connectivity index (χ3n) is 2.89. The van der Waals surface area contributed by atoms with E-state index in [1.54, 1.807) is 17.6 Å². The minimum Gasteiger partial charge on any atom is -0.253 e. The maximum absolute atomic E-state index is 4.54. The van der Waals surface area contributed by atoms with E-state index in [2.05, 4.69) is 78.3 Å². The number of rotatable bonds is 4. The molecule has 0 bridgehead atoms. The Morgan fingerprint density at radius 2 is 1.82 bits per heavy atom. The van der Waals surface area contributed by atoms with Crippen molar-refractivity contribution in [2.75, 3.05) is 5.43 Å². The van der Waals surface area contributed by atoms with Crippen LogP contribution in [0.2, 0.25) is 0 Å². The van der Waals surface area contributed by atoms with Crippen molar-refractivity contribution in [1.82, 2.24) is 4.98 Å². The van der Waals surface area contributed by atoms with E-state index in [1.165, 1.54) is 3.57 Å². The maximum atomic E-state index is 4.54. The molecule has 0 atom stereocenters. The van der Waals surface area contributed by atoms with Crippen molar-refractivity contribution >= 4 is 61.2 Å². The van der Waals surface area contributed by atoms with Gasteiger partial charge in [0.15, 0.2) is 0 Å². The van der Waals surface area contributed by atoms with Crippen LogP contribution in [0.5, 0.6) is 0 Å². The average molecular weight is 484 g/mol. The zero-order valence-corrected chi connectivity index (χ0v) is 15.9. The minimum atomic E-state index is 0.780. The van der Waals surface area contributed by atoms with Crippen LogP contribution in [-0.2, 0) is 0 Å². The smallest absolute Gasteiger partial charge is 0.203 e. The lowest BCUT2D eigenvalue weighted by Gasteiger charge is -1.97. The van der Waals surface area contributed by atoms with Gasteiger partial charge in [0.05, 0.1) is 11.9 Å². The molecule has 0 aliphatic heterocycles. The molecular weight excluding hydrogens is 473 g/mol. The number of anilines is 1. The van der Waals surface area contributed by atoms with Gasteiger partial charge in [0.25, 0.3) is 0 Å². The molecule has 2 aromatic carbocycles. The summed E-state index contributed by atoms with van der Waals surface area (Å²) in [6, 6.07) is 16.3. The average Bonchev–Trinajstić information content (AvgIpc) is 2.99. The normalized spacial score (nSPS) is 11.0. The highest BCUT2D eigenvalue weighted by Crippen LogP contribution is 2.25.